The monoisotopic (exact) mass is 484 g/mol. The SMILES string of the molecule is O=C(O)c1cc2c(cc1F)C(=O)N(c1ccc(OCc3ccccc3)nc1OCc1ccccc1)C2. The first-order valence-electron chi connectivity index (χ1n) is 11.2. The van der Waals surface area contributed by atoms with E-state index in [1.807, 2.05) is 60.7 Å². The highest BCUT2D eigenvalue weighted by Gasteiger charge is 2.33. The van der Waals surface area contributed by atoms with E-state index in [0.717, 1.165) is 17.2 Å². The summed E-state index contributed by atoms with van der Waals surface area (Å²) in [6, 6.07) is 24.6. The van der Waals surface area contributed by atoms with Gasteiger partial charge in [-0.15, -0.1) is 0 Å². The number of nitrogens with zero attached hydrogens (tertiary/aromatic N) is 2. The van der Waals surface area contributed by atoms with Gasteiger partial charge in [0.2, 0.25) is 11.8 Å². The van der Waals surface area contributed by atoms with Crippen molar-refractivity contribution in [1.29, 1.82) is 0 Å². The Morgan fingerprint density at radius 3 is 2.19 bits per heavy atom. The minimum atomic E-state index is -1.39. The largest absolute Gasteiger partial charge is 0.478 e. The van der Waals surface area contributed by atoms with Gasteiger partial charge in [0.15, 0.2) is 0 Å². The number of benzene rings is 3. The van der Waals surface area contributed by atoms with Crippen molar-refractivity contribution in [3.63, 3.8) is 0 Å². The number of amides is 1. The predicted molar refractivity (Wildman–Crippen MR) is 130 cm³/mol. The van der Waals surface area contributed by atoms with E-state index >= 15 is 0 Å². The van der Waals surface area contributed by atoms with Crippen LogP contribution in [-0.2, 0) is 19.8 Å². The number of aromatic nitrogens is 1. The molecule has 4 aromatic rings. The highest BCUT2D eigenvalue weighted by molar-refractivity contribution is 6.11. The van der Waals surface area contributed by atoms with Crippen molar-refractivity contribution in [2.45, 2.75) is 19.8 Å². The van der Waals surface area contributed by atoms with E-state index < -0.39 is 23.3 Å². The van der Waals surface area contributed by atoms with E-state index in [1.54, 1.807) is 12.1 Å². The summed E-state index contributed by atoms with van der Waals surface area (Å²) in [5, 5.41) is 9.25. The molecule has 5 rings (SSSR count). The summed E-state index contributed by atoms with van der Waals surface area (Å²) in [5.74, 6) is -2.34. The quantitative estimate of drug-likeness (QED) is 0.368. The second-order valence-electron chi connectivity index (χ2n) is 8.21. The van der Waals surface area contributed by atoms with Crippen LogP contribution in [0.4, 0.5) is 10.1 Å². The Balaban J connectivity index is 1.45. The number of anilines is 1. The van der Waals surface area contributed by atoms with E-state index in [1.165, 1.54) is 11.0 Å². The number of rotatable bonds is 8. The lowest BCUT2D eigenvalue weighted by atomic mass is 10.1. The van der Waals surface area contributed by atoms with Crippen LogP contribution in [0.2, 0.25) is 0 Å². The number of hydrogen-bond acceptors (Lipinski definition) is 5. The fourth-order valence-corrected chi connectivity index (χ4v) is 3.96. The molecule has 3 aromatic carbocycles. The molecule has 1 N–H and O–H groups in total. The number of hydrogen-bond donors (Lipinski definition) is 1. The minimum absolute atomic E-state index is 0.0579. The fourth-order valence-electron chi connectivity index (χ4n) is 3.96. The third-order valence-electron chi connectivity index (χ3n) is 5.78. The lowest BCUT2D eigenvalue weighted by molar-refractivity contribution is 0.0691. The number of aromatic carboxylic acids is 1. The van der Waals surface area contributed by atoms with Crippen molar-refractivity contribution < 1.29 is 28.6 Å². The van der Waals surface area contributed by atoms with Crippen LogP contribution in [-0.4, -0.2) is 22.0 Å². The van der Waals surface area contributed by atoms with Gasteiger partial charge in [-0.2, -0.15) is 4.98 Å². The van der Waals surface area contributed by atoms with Crippen LogP contribution in [0.3, 0.4) is 0 Å². The number of carbonyl (C=O) groups is 2. The maximum absolute atomic E-state index is 14.3. The van der Waals surface area contributed by atoms with Gasteiger partial charge in [0.25, 0.3) is 5.91 Å². The summed E-state index contributed by atoms with van der Waals surface area (Å²) < 4.78 is 26.1. The molecule has 0 unspecified atom stereocenters. The summed E-state index contributed by atoms with van der Waals surface area (Å²) in [4.78, 5) is 30.4. The molecule has 1 aromatic heterocycles. The first kappa shape index (κ1) is 23.0. The van der Waals surface area contributed by atoms with Crippen LogP contribution in [0.5, 0.6) is 11.8 Å². The van der Waals surface area contributed by atoms with Gasteiger partial charge in [0, 0.05) is 11.6 Å². The van der Waals surface area contributed by atoms with Gasteiger partial charge in [-0.25, -0.2) is 9.18 Å². The normalized spacial score (nSPS) is 12.4. The molecule has 0 bridgehead atoms. The van der Waals surface area contributed by atoms with Crippen molar-refractivity contribution in [2.75, 3.05) is 4.90 Å². The lowest BCUT2D eigenvalue weighted by Gasteiger charge is -2.20. The molecule has 0 spiro atoms. The van der Waals surface area contributed by atoms with Gasteiger partial charge in [-0.1, -0.05) is 60.7 Å². The van der Waals surface area contributed by atoms with Crippen molar-refractivity contribution in [3.05, 3.63) is 119 Å². The Hall–Kier alpha value is -4.72. The van der Waals surface area contributed by atoms with Crippen LogP contribution >= 0.6 is 0 Å². The Morgan fingerprint density at radius 1 is 0.917 bits per heavy atom. The Morgan fingerprint density at radius 2 is 1.56 bits per heavy atom. The molecule has 0 aliphatic carbocycles. The molecule has 0 saturated heterocycles. The average molecular weight is 484 g/mol. The maximum atomic E-state index is 14.3. The smallest absolute Gasteiger partial charge is 0.338 e. The number of carboxylic acid groups (broad SMARTS) is 1. The third-order valence-corrected chi connectivity index (χ3v) is 5.78. The van der Waals surface area contributed by atoms with Crippen molar-refractivity contribution in [3.8, 4) is 11.8 Å². The van der Waals surface area contributed by atoms with Crippen LogP contribution in [0.15, 0.2) is 84.9 Å². The van der Waals surface area contributed by atoms with Crippen LogP contribution in [0.1, 0.15) is 37.4 Å². The maximum Gasteiger partial charge on any atom is 0.338 e. The molecule has 1 aliphatic rings. The number of carboxylic acids is 1. The number of carbonyl (C=O) groups excluding carboxylic acids is 1. The number of halogens is 1. The zero-order valence-corrected chi connectivity index (χ0v) is 19.1. The van der Waals surface area contributed by atoms with Gasteiger partial charge >= 0.3 is 5.97 Å². The number of ether oxygens (including phenoxy) is 2. The molecule has 2 heterocycles. The predicted octanol–water partition coefficient (Wildman–Crippen LogP) is 5.24. The molecule has 1 amide bonds. The topological polar surface area (TPSA) is 89.0 Å². The summed E-state index contributed by atoms with van der Waals surface area (Å²) in [7, 11) is 0. The summed E-state index contributed by atoms with van der Waals surface area (Å²) in [6.45, 7) is 0.564. The first-order chi connectivity index (χ1) is 17.5. The molecule has 7 nitrogen and oxygen atoms in total. The zero-order chi connectivity index (χ0) is 25.1. The van der Waals surface area contributed by atoms with Gasteiger partial charge in [0.1, 0.15) is 24.7 Å². The highest BCUT2D eigenvalue weighted by Crippen LogP contribution is 2.36. The third kappa shape index (κ3) is 4.74. The highest BCUT2D eigenvalue weighted by atomic mass is 19.1. The standard InChI is InChI=1S/C28H21FN2O5/c29-23-14-21-20(13-22(23)28(33)34)15-31(27(21)32)24-11-12-25(35-16-18-7-3-1-4-8-18)30-26(24)36-17-19-9-5-2-6-10-19/h1-14H,15-17H2,(H,33,34). The number of pyridine rings is 1. The molecule has 1 aliphatic heterocycles. The van der Waals surface area contributed by atoms with E-state index in [4.69, 9.17) is 9.47 Å². The molecule has 0 fully saturated rings. The van der Waals surface area contributed by atoms with E-state index in [2.05, 4.69) is 4.98 Å². The summed E-state index contributed by atoms with van der Waals surface area (Å²) in [6.07, 6.45) is 0. The molecule has 8 heteroatoms. The van der Waals surface area contributed by atoms with E-state index in [9.17, 15) is 19.1 Å². The van der Waals surface area contributed by atoms with Gasteiger partial charge in [-0.3, -0.25) is 9.69 Å². The Kier molecular flexibility index (Phi) is 6.32. The zero-order valence-electron chi connectivity index (χ0n) is 19.1. The van der Waals surface area contributed by atoms with Crippen LogP contribution in [0.25, 0.3) is 0 Å². The second kappa shape index (κ2) is 9.87. The average Bonchev–Trinajstić information content (AvgIpc) is 3.22. The van der Waals surface area contributed by atoms with Gasteiger partial charge in [0.05, 0.1) is 12.1 Å². The van der Waals surface area contributed by atoms with E-state index in [0.29, 0.717) is 23.7 Å². The first-order valence-corrected chi connectivity index (χ1v) is 11.2. The van der Waals surface area contributed by atoms with Crippen LogP contribution in [0, 0.1) is 5.82 Å². The summed E-state index contributed by atoms with van der Waals surface area (Å²) in [5.41, 5.74) is 2.29. The van der Waals surface area contributed by atoms with E-state index in [-0.39, 0.29) is 24.6 Å². The van der Waals surface area contributed by atoms with Gasteiger partial charge in [-0.05, 0) is 34.9 Å². The minimum Gasteiger partial charge on any atom is -0.478 e. The molecular formula is C28H21FN2O5. The fraction of sp³-hybridized carbons (Fsp3) is 0.107. The van der Waals surface area contributed by atoms with Crippen molar-refractivity contribution in [1.82, 2.24) is 4.98 Å². The molecular weight excluding hydrogens is 463 g/mol. The van der Waals surface area contributed by atoms with Crippen molar-refractivity contribution in [2.24, 2.45) is 0 Å². The molecule has 180 valence electrons. The number of fused-ring (bicyclic) bond motifs is 1. The molecule has 0 radical (unpaired) electrons. The molecule has 0 saturated carbocycles. The second-order valence-corrected chi connectivity index (χ2v) is 8.21. The molecule has 36 heavy (non-hydrogen) atoms. The lowest BCUT2D eigenvalue weighted by Crippen LogP contribution is -2.24. The van der Waals surface area contributed by atoms with Gasteiger partial charge < -0.3 is 14.6 Å². The summed E-state index contributed by atoms with van der Waals surface area (Å²) >= 11 is 0. The van der Waals surface area contributed by atoms with Crippen molar-refractivity contribution >= 4 is 17.6 Å². The van der Waals surface area contributed by atoms with Crippen LogP contribution < -0.4 is 14.4 Å². The molecule has 0 atom stereocenters. The Bertz CT molecular complexity index is 1430. The Labute approximate surface area is 206 Å².